The van der Waals surface area contributed by atoms with E-state index in [9.17, 15) is 0 Å². The second-order valence-corrected chi connectivity index (χ2v) is 3.68. The first-order valence-electron chi connectivity index (χ1n) is 3.92. The molecule has 0 fully saturated rings. The maximum Gasteiger partial charge on any atom is 0.248 e. The first-order chi connectivity index (χ1) is 7.11. The first kappa shape index (κ1) is 10.1. The highest BCUT2D eigenvalue weighted by Gasteiger charge is 2.11. The van der Waals surface area contributed by atoms with Crippen LogP contribution in [0.15, 0.2) is 0 Å². The molecule has 4 N–H and O–H groups in total. The number of hydrogen-bond donors (Lipinski definition) is 2. The van der Waals surface area contributed by atoms with E-state index in [0.717, 1.165) is 0 Å². The number of methoxy groups -OCH3 is 1. The highest BCUT2D eigenvalue weighted by molar-refractivity contribution is 14.1. The summed E-state index contributed by atoms with van der Waals surface area (Å²) < 4.78 is 5.61. The number of nitrogens with two attached hydrogens (primary N) is 2. The van der Waals surface area contributed by atoms with Crippen molar-refractivity contribution in [2.24, 2.45) is 0 Å². The highest BCUT2D eigenvalue weighted by atomic mass is 127. The highest BCUT2D eigenvalue weighted by Crippen LogP contribution is 2.21. The molecule has 8 heteroatoms. The summed E-state index contributed by atoms with van der Waals surface area (Å²) >= 11 is 1.99. The molecule has 0 bridgehead atoms. The molecule has 2 aromatic rings. The Hall–Kier alpha value is -1.45. The van der Waals surface area contributed by atoms with Crippen LogP contribution in [0.4, 0.5) is 11.8 Å². The lowest BCUT2D eigenvalue weighted by molar-refractivity contribution is 0.393. The maximum absolute atomic E-state index is 5.64. The Morgan fingerprint density at radius 2 is 1.87 bits per heavy atom. The molecule has 2 rings (SSSR count). The van der Waals surface area contributed by atoms with Gasteiger partial charge in [-0.3, -0.25) is 0 Å². The van der Waals surface area contributed by atoms with Gasteiger partial charge in [0.25, 0.3) is 0 Å². The lowest BCUT2D eigenvalue weighted by atomic mass is 10.4. The lowest BCUT2D eigenvalue weighted by Crippen LogP contribution is -2.05. The van der Waals surface area contributed by atoms with Crippen molar-refractivity contribution in [2.75, 3.05) is 18.6 Å². The number of hydrogen-bond acceptors (Lipinski definition) is 7. The fraction of sp³-hybridized carbons (Fsp3) is 0.143. The van der Waals surface area contributed by atoms with E-state index in [1.807, 2.05) is 22.6 Å². The summed E-state index contributed by atoms with van der Waals surface area (Å²) in [4.78, 5) is 16.0. The summed E-state index contributed by atoms with van der Waals surface area (Å²) in [5.74, 6) is 0.670. The third-order valence-corrected chi connectivity index (χ3v) is 2.40. The van der Waals surface area contributed by atoms with Crippen LogP contribution in [0.3, 0.4) is 0 Å². The predicted molar refractivity (Wildman–Crippen MR) is 63.2 cm³/mol. The molecule has 0 amide bonds. The molecule has 0 aliphatic rings. The largest absolute Gasteiger partial charge is 0.479 e. The van der Waals surface area contributed by atoms with Crippen molar-refractivity contribution in [3.63, 3.8) is 0 Å². The Labute approximate surface area is 98.4 Å². The van der Waals surface area contributed by atoms with Gasteiger partial charge in [0.15, 0.2) is 20.7 Å². The van der Waals surface area contributed by atoms with Gasteiger partial charge in [-0.25, -0.2) is 4.98 Å². The summed E-state index contributed by atoms with van der Waals surface area (Å²) in [6.45, 7) is 0. The van der Waals surface area contributed by atoms with Crippen LogP contribution in [0, 0.1) is 3.70 Å². The first-order valence-corrected chi connectivity index (χ1v) is 5.00. The number of anilines is 2. The smallest absolute Gasteiger partial charge is 0.248 e. The summed E-state index contributed by atoms with van der Waals surface area (Å²) in [5.41, 5.74) is 11.8. The van der Waals surface area contributed by atoms with Crippen LogP contribution in [-0.2, 0) is 0 Å². The van der Waals surface area contributed by atoms with Gasteiger partial charge in [-0.05, 0) is 22.6 Å². The van der Waals surface area contributed by atoms with E-state index in [2.05, 4.69) is 19.9 Å². The zero-order chi connectivity index (χ0) is 11.0. The number of rotatable bonds is 1. The monoisotopic (exact) mass is 318 g/mol. The molecule has 2 heterocycles. The molecule has 78 valence electrons. The van der Waals surface area contributed by atoms with Crippen molar-refractivity contribution >= 4 is 45.5 Å². The number of ether oxygens (including phenoxy) is 1. The van der Waals surface area contributed by atoms with E-state index in [1.165, 1.54) is 7.11 Å². The standard InChI is InChI=1S/C7H7IN6O/c1-15-6-3(8)11-2-4(9)12-7(10)14-5(2)13-6/h1H3,(H4,9,10,12,13,14). The molecule has 0 spiro atoms. The molecule has 0 radical (unpaired) electrons. The zero-order valence-corrected chi connectivity index (χ0v) is 9.89. The zero-order valence-electron chi connectivity index (χ0n) is 7.73. The van der Waals surface area contributed by atoms with Crippen LogP contribution in [-0.4, -0.2) is 27.0 Å². The van der Waals surface area contributed by atoms with E-state index in [0.29, 0.717) is 20.7 Å². The van der Waals surface area contributed by atoms with Crippen molar-refractivity contribution in [2.45, 2.75) is 0 Å². The van der Waals surface area contributed by atoms with Crippen LogP contribution in [0.5, 0.6) is 5.88 Å². The second kappa shape index (κ2) is 3.61. The molecule has 2 aromatic heterocycles. The summed E-state index contributed by atoms with van der Waals surface area (Å²) in [6.07, 6.45) is 0. The summed E-state index contributed by atoms with van der Waals surface area (Å²) in [6, 6.07) is 0. The average molecular weight is 318 g/mol. The fourth-order valence-corrected chi connectivity index (χ4v) is 1.66. The number of aromatic nitrogens is 4. The van der Waals surface area contributed by atoms with Gasteiger partial charge >= 0.3 is 0 Å². The molecular formula is C7H7IN6O. The molecule has 0 unspecified atom stereocenters. The van der Waals surface area contributed by atoms with E-state index in [4.69, 9.17) is 16.2 Å². The Morgan fingerprint density at radius 3 is 2.53 bits per heavy atom. The molecule has 0 saturated heterocycles. The van der Waals surface area contributed by atoms with Crippen molar-refractivity contribution in [1.29, 1.82) is 0 Å². The van der Waals surface area contributed by atoms with Crippen molar-refractivity contribution in [3.8, 4) is 5.88 Å². The van der Waals surface area contributed by atoms with Crippen LogP contribution in [0.25, 0.3) is 11.2 Å². The van der Waals surface area contributed by atoms with E-state index in [1.54, 1.807) is 0 Å². The van der Waals surface area contributed by atoms with Crippen LogP contribution in [0.2, 0.25) is 0 Å². The molecule has 0 saturated carbocycles. The Morgan fingerprint density at radius 1 is 1.13 bits per heavy atom. The van der Waals surface area contributed by atoms with Crippen molar-refractivity contribution in [1.82, 2.24) is 19.9 Å². The SMILES string of the molecule is COc1nc2nc(N)nc(N)c2nc1I. The number of nitrogen functional groups attached to an aromatic ring is 2. The fourth-order valence-electron chi connectivity index (χ4n) is 1.08. The lowest BCUT2D eigenvalue weighted by Gasteiger charge is -2.04. The predicted octanol–water partition coefficient (Wildman–Crippen LogP) is 0.197. The molecule has 15 heavy (non-hydrogen) atoms. The normalized spacial score (nSPS) is 10.5. The van der Waals surface area contributed by atoms with Gasteiger partial charge in [0, 0.05) is 0 Å². The van der Waals surface area contributed by atoms with E-state index in [-0.39, 0.29) is 11.8 Å². The third-order valence-electron chi connectivity index (χ3n) is 1.70. The van der Waals surface area contributed by atoms with Gasteiger partial charge in [0.2, 0.25) is 11.8 Å². The average Bonchev–Trinajstić information content (AvgIpc) is 2.18. The third kappa shape index (κ3) is 1.71. The molecular weight excluding hydrogens is 311 g/mol. The van der Waals surface area contributed by atoms with Crippen molar-refractivity contribution in [3.05, 3.63) is 3.70 Å². The van der Waals surface area contributed by atoms with Crippen molar-refractivity contribution < 1.29 is 4.74 Å². The molecule has 0 aliphatic carbocycles. The van der Waals surface area contributed by atoms with E-state index < -0.39 is 0 Å². The maximum atomic E-state index is 5.64. The van der Waals surface area contributed by atoms with Gasteiger partial charge in [-0.15, -0.1) is 0 Å². The number of fused-ring (bicyclic) bond motifs is 1. The minimum absolute atomic E-state index is 0.0672. The van der Waals surface area contributed by atoms with Gasteiger partial charge in [0.1, 0.15) is 0 Å². The van der Waals surface area contributed by atoms with Crippen LogP contribution in [0.1, 0.15) is 0 Å². The molecule has 0 atom stereocenters. The molecule has 7 nitrogen and oxygen atoms in total. The van der Waals surface area contributed by atoms with Gasteiger partial charge in [0.05, 0.1) is 7.11 Å². The van der Waals surface area contributed by atoms with Gasteiger partial charge in [-0.1, -0.05) is 0 Å². The minimum atomic E-state index is 0.0672. The molecule has 0 aliphatic heterocycles. The van der Waals surface area contributed by atoms with Gasteiger partial charge in [-0.2, -0.15) is 15.0 Å². The van der Waals surface area contributed by atoms with Crippen LogP contribution < -0.4 is 16.2 Å². The second-order valence-electron chi connectivity index (χ2n) is 2.66. The van der Waals surface area contributed by atoms with Gasteiger partial charge < -0.3 is 16.2 Å². The topological polar surface area (TPSA) is 113 Å². The Balaban J connectivity index is 2.81. The Kier molecular flexibility index (Phi) is 2.42. The Bertz CT molecular complexity index is 530. The minimum Gasteiger partial charge on any atom is -0.479 e. The summed E-state index contributed by atoms with van der Waals surface area (Å²) in [7, 11) is 1.51. The number of halogens is 1. The number of nitrogens with zero attached hydrogens (tertiary/aromatic N) is 4. The van der Waals surface area contributed by atoms with E-state index >= 15 is 0 Å². The quantitative estimate of drug-likeness (QED) is 0.722. The van der Waals surface area contributed by atoms with Crippen LogP contribution >= 0.6 is 22.6 Å². The summed E-state index contributed by atoms with van der Waals surface area (Å²) in [5, 5.41) is 0. The molecule has 0 aromatic carbocycles.